The van der Waals surface area contributed by atoms with Crippen LogP contribution in [0.3, 0.4) is 0 Å². The van der Waals surface area contributed by atoms with Crippen molar-refractivity contribution in [2.24, 2.45) is 17.6 Å². The normalized spacial score (nSPS) is 34.5. The molecule has 0 aromatic rings. The van der Waals surface area contributed by atoms with Gasteiger partial charge in [0.25, 0.3) is 10.2 Å². The van der Waals surface area contributed by atoms with Gasteiger partial charge in [0.15, 0.2) is 0 Å². The van der Waals surface area contributed by atoms with Gasteiger partial charge in [-0.25, -0.2) is 0 Å². The molecule has 0 aromatic carbocycles. The lowest BCUT2D eigenvalue weighted by Gasteiger charge is -2.29. The maximum atomic E-state index is 12.0. The summed E-state index contributed by atoms with van der Waals surface area (Å²) < 4.78 is 26.9. The van der Waals surface area contributed by atoms with Crippen LogP contribution < -0.4 is 5.73 Å². The van der Waals surface area contributed by atoms with Crippen LogP contribution in [0.25, 0.3) is 0 Å². The first-order valence-corrected chi connectivity index (χ1v) is 7.26. The summed E-state index contributed by atoms with van der Waals surface area (Å²) in [5.41, 5.74) is 6.07. The molecule has 2 aliphatic rings. The standard InChI is InChI=1S/C10H21N3O2S.ClH/c1-12(2)16(14,15)13-6-8-4-3-5-10(11)9(8)7-13;/h8-10H,3-7,11H2,1-2H3;1H. The minimum absolute atomic E-state index is 0. The summed E-state index contributed by atoms with van der Waals surface area (Å²) in [6.45, 7) is 1.26. The zero-order valence-corrected chi connectivity index (χ0v) is 12.0. The number of rotatable bonds is 2. The summed E-state index contributed by atoms with van der Waals surface area (Å²) in [4.78, 5) is 0. The Balaban J connectivity index is 0.00000144. The lowest BCUT2D eigenvalue weighted by Crippen LogP contribution is -2.40. The zero-order valence-electron chi connectivity index (χ0n) is 10.4. The quantitative estimate of drug-likeness (QED) is 0.791. The molecule has 1 saturated carbocycles. The van der Waals surface area contributed by atoms with E-state index in [0.717, 1.165) is 19.3 Å². The first-order valence-electron chi connectivity index (χ1n) is 5.86. The van der Waals surface area contributed by atoms with E-state index in [-0.39, 0.29) is 18.4 Å². The second kappa shape index (κ2) is 5.40. The number of nitrogens with two attached hydrogens (primary N) is 1. The maximum absolute atomic E-state index is 12.0. The second-order valence-electron chi connectivity index (χ2n) is 5.13. The Morgan fingerprint density at radius 3 is 2.41 bits per heavy atom. The van der Waals surface area contributed by atoms with Crippen LogP contribution in [0.4, 0.5) is 0 Å². The average molecular weight is 284 g/mol. The van der Waals surface area contributed by atoms with Crippen LogP contribution in [-0.2, 0) is 10.2 Å². The van der Waals surface area contributed by atoms with Gasteiger partial charge >= 0.3 is 0 Å². The number of hydrogen-bond acceptors (Lipinski definition) is 3. The highest BCUT2D eigenvalue weighted by Crippen LogP contribution is 2.36. The average Bonchev–Trinajstić information content (AvgIpc) is 2.63. The molecular weight excluding hydrogens is 262 g/mol. The Kier molecular flexibility index (Phi) is 4.82. The molecule has 17 heavy (non-hydrogen) atoms. The fourth-order valence-electron chi connectivity index (χ4n) is 2.90. The molecule has 1 aliphatic heterocycles. The number of fused-ring (bicyclic) bond motifs is 1. The molecule has 2 fully saturated rings. The third kappa shape index (κ3) is 2.76. The third-order valence-electron chi connectivity index (χ3n) is 3.91. The molecule has 2 N–H and O–H groups in total. The highest BCUT2D eigenvalue weighted by molar-refractivity contribution is 7.86. The van der Waals surface area contributed by atoms with E-state index in [0.29, 0.717) is 24.9 Å². The van der Waals surface area contributed by atoms with Crippen molar-refractivity contribution in [3.63, 3.8) is 0 Å². The maximum Gasteiger partial charge on any atom is 0.281 e. The van der Waals surface area contributed by atoms with Gasteiger partial charge in [0.05, 0.1) is 0 Å². The molecule has 1 heterocycles. The smallest absolute Gasteiger partial charge is 0.281 e. The van der Waals surface area contributed by atoms with Gasteiger partial charge in [0.2, 0.25) is 0 Å². The van der Waals surface area contributed by atoms with Crippen LogP contribution in [0.2, 0.25) is 0 Å². The van der Waals surface area contributed by atoms with E-state index in [9.17, 15) is 8.42 Å². The summed E-state index contributed by atoms with van der Waals surface area (Å²) in [7, 11) is -0.0860. The molecule has 3 atom stereocenters. The van der Waals surface area contributed by atoms with Gasteiger partial charge in [-0.15, -0.1) is 12.4 Å². The molecule has 5 nitrogen and oxygen atoms in total. The molecule has 1 saturated heterocycles. The SMILES string of the molecule is CN(C)S(=O)(=O)N1CC2CCCC(N)C2C1.Cl. The Morgan fingerprint density at radius 1 is 1.24 bits per heavy atom. The Morgan fingerprint density at radius 2 is 1.88 bits per heavy atom. The number of nitrogens with zero attached hydrogens (tertiary/aromatic N) is 2. The van der Waals surface area contributed by atoms with E-state index >= 15 is 0 Å². The molecule has 0 amide bonds. The van der Waals surface area contributed by atoms with E-state index in [1.165, 1.54) is 4.31 Å². The Labute approximate surface area is 110 Å². The van der Waals surface area contributed by atoms with Crippen molar-refractivity contribution >= 4 is 22.6 Å². The first kappa shape index (κ1) is 15.2. The van der Waals surface area contributed by atoms with E-state index < -0.39 is 10.2 Å². The van der Waals surface area contributed by atoms with Crippen molar-refractivity contribution in [2.75, 3.05) is 27.2 Å². The fraction of sp³-hybridized carbons (Fsp3) is 1.00. The Bertz CT molecular complexity index is 361. The summed E-state index contributed by atoms with van der Waals surface area (Å²) in [6, 6.07) is 0.182. The van der Waals surface area contributed by atoms with E-state index in [1.807, 2.05) is 0 Å². The minimum atomic E-state index is -3.25. The molecule has 0 aromatic heterocycles. The second-order valence-corrected chi connectivity index (χ2v) is 7.27. The molecule has 2 rings (SSSR count). The predicted octanol–water partition coefficient (Wildman–Crippen LogP) is 0.274. The van der Waals surface area contributed by atoms with Crippen LogP contribution in [0.1, 0.15) is 19.3 Å². The van der Waals surface area contributed by atoms with E-state index in [4.69, 9.17) is 5.73 Å². The molecule has 102 valence electrons. The largest absolute Gasteiger partial charge is 0.327 e. The molecule has 1 aliphatic carbocycles. The Hall–Kier alpha value is 0.120. The van der Waals surface area contributed by atoms with Gasteiger partial charge in [0.1, 0.15) is 0 Å². The van der Waals surface area contributed by atoms with Gasteiger partial charge < -0.3 is 5.73 Å². The summed E-state index contributed by atoms with van der Waals surface area (Å²) >= 11 is 0. The van der Waals surface area contributed by atoms with Gasteiger partial charge in [-0.2, -0.15) is 17.0 Å². The van der Waals surface area contributed by atoms with E-state index in [2.05, 4.69) is 0 Å². The molecule has 0 bridgehead atoms. The van der Waals surface area contributed by atoms with Gasteiger partial charge in [-0.1, -0.05) is 6.42 Å². The van der Waals surface area contributed by atoms with Crippen LogP contribution in [-0.4, -0.2) is 50.3 Å². The van der Waals surface area contributed by atoms with E-state index in [1.54, 1.807) is 18.4 Å². The minimum Gasteiger partial charge on any atom is -0.327 e. The zero-order chi connectivity index (χ0) is 11.9. The van der Waals surface area contributed by atoms with Crippen LogP contribution >= 0.6 is 12.4 Å². The highest BCUT2D eigenvalue weighted by Gasteiger charge is 2.43. The number of hydrogen-bond donors (Lipinski definition) is 1. The van der Waals surface area contributed by atoms with Crippen LogP contribution in [0.15, 0.2) is 0 Å². The van der Waals surface area contributed by atoms with Crippen molar-refractivity contribution in [3.8, 4) is 0 Å². The first-order chi connectivity index (χ1) is 7.43. The van der Waals surface area contributed by atoms with Crippen LogP contribution in [0.5, 0.6) is 0 Å². The van der Waals surface area contributed by atoms with Gasteiger partial charge in [-0.05, 0) is 24.7 Å². The summed E-state index contributed by atoms with van der Waals surface area (Å²) in [5, 5.41) is 0. The summed E-state index contributed by atoms with van der Waals surface area (Å²) in [5.74, 6) is 0.835. The lowest BCUT2D eigenvalue weighted by atomic mass is 9.78. The molecule has 0 spiro atoms. The van der Waals surface area contributed by atoms with Crippen LogP contribution in [0, 0.1) is 11.8 Å². The molecule has 3 unspecified atom stereocenters. The monoisotopic (exact) mass is 283 g/mol. The summed E-state index contributed by atoms with van der Waals surface area (Å²) in [6.07, 6.45) is 3.30. The van der Waals surface area contributed by atoms with Gasteiger partial charge in [-0.3, -0.25) is 0 Å². The fourth-order valence-corrected chi connectivity index (χ4v) is 4.10. The van der Waals surface area contributed by atoms with Gasteiger partial charge in [0, 0.05) is 33.2 Å². The van der Waals surface area contributed by atoms with Crippen molar-refractivity contribution in [1.82, 2.24) is 8.61 Å². The molecule has 7 heteroatoms. The lowest BCUT2D eigenvalue weighted by molar-refractivity contribution is 0.260. The van der Waals surface area contributed by atoms with Crippen molar-refractivity contribution < 1.29 is 8.42 Å². The molecule has 0 radical (unpaired) electrons. The molecular formula is C10H22ClN3O2S. The highest BCUT2D eigenvalue weighted by atomic mass is 35.5. The van der Waals surface area contributed by atoms with Crippen molar-refractivity contribution in [1.29, 1.82) is 0 Å². The van der Waals surface area contributed by atoms with Crippen molar-refractivity contribution in [2.45, 2.75) is 25.3 Å². The number of halogens is 1. The third-order valence-corrected chi connectivity index (χ3v) is 5.78. The van der Waals surface area contributed by atoms with Crippen molar-refractivity contribution in [3.05, 3.63) is 0 Å². The topological polar surface area (TPSA) is 66.6 Å². The predicted molar refractivity (Wildman–Crippen MR) is 70.2 cm³/mol.